The van der Waals surface area contributed by atoms with E-state index >= 15 is 0 Å². The van der Waals surface area contributed by atoms with Gasteiger partial charge >= 0.3 is 7.60 Å². The molecule has 5 atom stereocenters. The Balaban J connectivity index is 1.49. The zero-order valence-electron chi connectivity index (χ0n) is 25.3. The first-order valence-electron chi connectivity index (χ1n) is 14.3. The van der Waals surface area contributed by atoms with E-state index in [4.69, 9.17) is 34.9 Å². The number of hydrogen-bond acceptors (Lipinski definition) is 12. The van der Waals surface area contributed by atoms with Crippen LogP contribution in [0.4, 0.5) is 10.1 Å². The third-order valence-electron chi connectivity index (χ3n) is 7.33. The second-order valence-corrected chi connectivity index (χ2v) is 16.1. The number of anilines is 1. The van der Waals surface area contributed by atoms with Crippen LogP contribution in [0.1, 0.15) is 58.0 Å². The molecule has 0 bridgehead atoms. The normalized spacial score (nSPS) is 23.6. The number of nitriles is 1. The Morgan fingerprint density at radius 2 is 1.84 bits per heavy atom. The molecular weight excluding hydrogens is 652 g/mol. The number of hydrogen-bond donors (Lipinski definition) is 1. The molecular formula is C28H34ClFN5O8PS. The van der Waals surface area contributed by atoms with Crippen molar-refractivity contribution in [1.29, 1.82) is 5.26 Å². The number of nitrogens with zero attached hydrogens (tertiary/aromatic N) is 4. The molecule has 1 aromatic carbocycles. The fourth-order valence-electron chi connectivity index (χ4n) is 5.56. The highest BCUT2D eigenvalue weighted by Crippen LogP contribution is 2.50. The summed E-state index contributed by atoms with van der Waals surface area (Å²) >= 11 is 6.49. The smallest absolute Gasteiger partial charge is 0.345 e. The van der Waals surface area contributed by atoms with Gasteiger partial charge in [-0.05, 0) is 52.3 Å². The average molecular weight is 686 g/mol. The molecule has 244 valence electrons. The fourth-order valence-corrected chi connectivity index (χ4v) is 10.4. The Hall–Kier alpha value is -2.67. The van der Waals surface area contributed by atoms with Crippen molar-refractivity contribution < 1.29 is 40.6 Å². The van der Waals surface area contributed by atoms with Crippen molar-refractivity contribution in [2.75, 3.05) is 29.8 Å². The lowest BCUT2D eigenvalue weighted by Crippen LogP contribution is -2.35. The first-order chi connectivity index (χ1) is 21.2. The van der Waals surface area contributed by atoms with E-state index in [0.29, 0.717) is 11.1 Å². The molecule has 2 aliphatic heterocycles. The summed E-state index contributed by atoms with van der Waals surface area (Å²) in [6.07, 6.45) is -2.18. The molecule has 17 heteroatoms. The number of aromatic nitrogens is 3. The van der Waals surface area contributed by atoms with E-state index < -0.39 is 59.0 Å². The first kappa shape index (κ1) is 33.7. The van der Waals surface area contributed by atoms with Gasteiger partial charge in [-0.3, -0.25) is 4.57 Å². The molecule has 2 aliphatic rings. The summed E-state index contributed by atoms with van der Waals surface area (Å²) in [5, 5.41) is 18.0. The number of benzene rings is 1. The molecule has 1 N–H and O–H groups in total. The molecule has 0 unspecified atom stereocenters. The predicted molar refractivity (Wildman–Crippen MR) is 163 cm³/mol. The quantitative estimate of drug-likeness (QED) is 0.193. The van der Waals surface area contributed by atoms with Crippen LogP contribution in [0, 0.1) is 17.1 Å². The molecule has 2 fully saturated rings. The maximum atomic E-state index is 13.5. The van der Waals surface area contributed by atoms with E-state index in [0.717, 1.165) is 5.56 Å². The van der Waals surface area contributed by atoms with Gasteiger partial charge in [0.15, 0.2) is 38.1 Å². The van der Waals surface area contributed by atoms with Crippen LogP contribution in [-0.2, 0) is 37.7 Å². The molecule has 2 saturated heterocycles. The van der Waals surface area contributed by atoms with Crippen LogP contribution in [0.3, 0.4) is 0 Å². The van der Waals surface area contributed by atoms with Crippen LogP contribution >= 0.6 is 19.2 Å². The van der Waals surface area contributed by atoms with E-state index in [1.54, 1.807) is 39.8 Å². The molecule has 45 heavy (non-hydrogen) atoms. The van der Waals surface area contributed by atoms with Crippen LogP contribution in [-0.4, -0.2) is 71.7 Å². The predicted octanol–water partition coefficient (Wildman–Crippen LogP) is 5.32. The van der Waals surface area contributed by atoms with Crippen molar-refractivity contribution in [2.24, 2.45) is 0 Å². The molecule has 0 radical (unpaired) electrons. The lowest BCUT2D eigenvalue weighted by molar-refractivity contribution is -0.195. The molecule has 13 nitrogen and oxygen atoms in total. The minimum Gasteiger partial charge on any atom is -0.377 e. The van der Waals surface area contributed by atoms with Crippen LogP contribution < -0.4 is 5.32 Å². The minimum absolute atomic E-state index is 0.0135. The number of nitrogens with one attached hydrogen (secondary N) is 1. The molecule has 3 aromatic rings. The van der Waals surface area contributed by atoms with Crippen molar-refractivity contribution in [3.63, 3.8) is 0 Å². The van der Waals surface area contributed by atoms with Crippen LogP contribution in [0.15, 0.2) is 30.5 Å². The lowest BCUT2D eigenvalue weighted by atomic mass is 10.1. The summed E-state index contributed by atoms with van der Waals surface area (Å²) in [6, 6.07) is 7.66. The third-order valence-corrected chi connectivity index (χ3v) is 12.6. The van der Waals surface area contributed by atoms with Gasteiger partial charge in [0.1, 0.15) is 35.8 Å². The van der Waals surface area contributed by atoms with Crippen LogP contribution in [0.5, 0.6) is 0 Å². The SMILES string of the molecule is CCOP(=O)(CS(=O)(=O)C[C@H]1O[C@@H](n2ncc3c(N[C@@H](C)c4ccc(F)cc4)c(C#N)c(Cl)nc32)[C@@H]2OC(C)(C)O[C@@H]21)OCC. The van der Waals surface area contributed by atoms with Crippen molar-refractivity contribution in [3.8, 4) is 6.07 Å². The number of pyridine rings is 1. The first-order valence-corrected chi connectivity index (χ1v) is 18.2. The maximum Gasteiger partial charge on any atom is 0.345 e. The van der Waals surface area contributed by atoms with Crippen molar-refractivity contribution >= 4 is 45.8 Å². The van der Waals surface area contributed by atoms with Gasteiger partial charge in [0, 0.05) is 6.04 Å². The van der Waals surface area contributed by atoms with Crippen LogP contribution in [0.25, 0.3) is 11.0 Å². The molecule has 2 aromatic heterocycles. The standard InChI is InChI=1S/C28H34ClFN5O8PS/c1-6-39-44(36,40-7-2)15-45(37,38)14-21-23-24(43-28(4,5)42-23)27(41-21)35-26-20(13-32-35)22(19(12-31)25(29)34-26)33-16(3)17-8-10-18(30)11-9-17/h8-11,13,16,21,23-24,27H,6-7,14-15H2,1-5H3,(H,33,34)/t16-,21+,23+,24+,27+/m0/s1. The Morgan fingerprint density at radius 1 is 1.20 bits per heavy atom. The molecule has 0 aliphatic carbocycles. The average Bonchev–Trinajstić information content (AvgIpc) is 3.59. The fraction of sp³-hybridized carbons (Fsp3) is 0.536. The monoisotopic (exact) mass is 685 g/mol. The summed E-state index contributed by atoms with van der Waals surface area (Å²) in [6.45, 7) is 8.45. The Bertz CT molecular complexity index is 1760. The van der Waals surface area contributed by atoms with Gasteiger partial charge in [-0.25, -0.2) is 22.5 Å². The van der Waals surface area contributed by atoms with E-state index in [9.17, 15) is 22.6 Å². The zero-order chi connectivity index (χ0) is 32.7. The largest absolute Gasteiger partial charge is 0.377 e. The Labute approximate surface area is 265 Å². The van der Waals surface area contributed by atoms with Crippen molar-refractivity contribution in [3.05, 3.63) is 52.6 Å². The van der Waals surface area contributed by atoms with Gasteiger partial charge in [0.05, 0.1) is 36.2 Å². The number of sulfone groups is 1. The van der Waals surface area contributed by atoms with E-state index in [1.807, 2.05) is 6.92 Å². The van der Waals surface area contributed by atoms with Gasteiger partial charge in [-0.1, -0.05) is 23.7 Å². The van der Waals surface area contributed by atoms with Crippen LogP contribution in [0.2, 0.25) is 5.15 Å². The minimum atomic E-state index is -4.05. The van der Waals surface area contributed by atoms with Gasteiger partial charge < -0.3 is 28.6 Å². The number of fused-ring (bicyclic) bond motifs is 2. The maximum absolute atomic E-state index is 13.5. The molecule has 5 rings (SSSR count). The Morgan fingerprint density at radius 3 is 2.47 bits per heavy atom. The van der Waals surface area contributed by atoms with Gasteiger partial charge in [0.2, 0.25) is 0 Å². The van der Waals surface area contributed by atoms with Crippen molar-refractivity contribution in [1.82, 2.24) is 14.8 Å². The van der Waals surface area contributed by atoms with Crippen molar-refractivity contribution in [2.45, 2.75) is 71.0 Å². The van der Waals surface area contributed by atoms with E-state index in [-0.39, 0.29) is 41.4 Å². The number of rotatable bonds is 12. The lowest BCUT2D eigenvalue weighted by Gasteiger charge is -2.25. The summed E-state index contributed by atoms with van der Waals surface area (Å²) in [4.78, 5) is 4.43. The molecule has 0 amide bonds. The highest BCUT2D eigenvalue weighted by atomic mass is 35.5. The second kappa shape index (κ2) is 12.8. The molecule has 4 heterocycles. The second-order valence-electron chi connectivity index (χ2n) is 11.1. The highest BCUT2D eigenvalue weighted by molar-refractivity contribution is 7.97. The summed E-state index contributed by atoms with van der Waals surface area (Å²) < 4.78 is 83.4. The summed E-state index contributed by atoms with van der Waals surface area (Å²) in [5.74, 6) is -2.01. The van der Waals surface area contributed by atoms with Gasteiger partial charge in [0.25, 0.3) is 0 Å². The van der Waals surface area contributed by atoms with E-state index in [2.05, 4.69) is 21.5 Å². The number of halogens is 2. The topological polar surface area (TPSA) is 164 Å². The summed E-state index contributed by atoms with van der Waals surface area (Å²) in [7, 11) is -7.96. The van der Waals surface area contributed by atoms with Gasteiger partial charge in [-0.2, -0.15) is 10.4 Å². The van der Waals surface area contributed by atoms with E-state index in [1.165, 1.54) is 23.0 Å². The third kappa shape index (κ3) is 7.03. The number of ether oxygens (including phenoxy) is 3. The highest BCUT2D eigenvalue weighted by Gasteiger charge is 2.57. The van der Waals surface area contributed by atoms with Gasteiger partial charge in [-0.15, -0.1) is 0 Å². The zero-order valence-corrected chi connectivity index (χ0v) is 27.7. The Kier molecular flexibility index (Phi) is 9.62. The molecule has 0 spiro atoms. The molecule has 0 saturated carbocycles. The summed E-state index contributed by atoms with van der Waals surface area (Å²) in [5.41, 5.74) is 0.619.